The topological polar surface area (TPSA) is 29.5 Å². The Morgan fingerprint density at radius 1 is 1.40 bits per heavy atom. The van der Waals surface area contributed by atoms with Gasteiger partial charge in [-0.05, 0) is 20.8 Å². The first-order valence-corrected chi connectivity index (χ1v) is 2.67. The molecule has 0 unspecified atom stereocenters. The average Bonchev–Trinajstić information content (AvgIpc) is 1.60. The summed E-state index contributed by atoms with van der Waals surface area (Å²) in [5, 5.41) is -1.59. The van der Waals surface area contributed by atoms with Crippen LogP contribution in [0, 0.1) is 0 Å². The highest BCUT2D eigenvalue weighted by Crippen LogP contribution is 2.09. The van der Waals surface area contributed by atoms with Crippen LogP contribution in [0.3, 0.4) is 0 Å². The number of hydrogen-bond acceptors (Lipinski definition) is 2. The Kier molecular flexibility index (Phi) is 2.56. The molecule has 0 heterocycles. The molecule has 0 saturated carbocycles. The van der Waals surface area contributed by atoms with Crippen molar-refractivity contribution < 1.29 is 18.5 Å². The van der Waals surface area contributed by atoms with E-state index in [1.165, 1.54) is 20.8 Å². The Bertz CT molecular complexity index is 130. The van der Waals surface area contributed by atoms with Crippen molar-refractivity contribution in [3.63, 3.8) is 0 Å². The molecule has 0 aromatic carbocycles. The van der Waals surface area contributed by atoms with Gasteiger partial charge in [-0.25, -0.2) is 4.79 Å². The summed E-state index contributed by atoms with van der Waals surface area (Å²) in [6.07, 6.45) is -1.63. The highest BCUT2D eigenvalue weighted by atomic mass is 19.4. The SMILES string of the molecule is CC(C)(C)OC(=O)N(F)F. The monoisotopic (exact) mass is 153 g/mol. The van der Waals surface area contributed by atoms with Crippen molar-refractivity contribution in [2.45, 2.75) is 26.4 Å². The maximum atomic E-state index is 11.3. The Labute approximate surface area is 57.4 Å². The Morgan fingerprint density at radius 2 is 1.80 bits per heavy atom. The number of nitrogens with zero attached hydrogens (tertiary/aromatic N) is 1. The number of halogens is 2. The zero-order valence-corrected chi connectivity index (χ0v) is 6.02. The van der Waals surface area contributed by atoms with Gasteiger partial charge in [0.1, 0.15) is 5.60 Å². The zero-order chi connectivity index (χ0) is 8.36. The fourth-order valence-electron chi connectivity index (χ4n) is 0.296. The Morgan fingerprint density at radius 3 is 1.90 bits per heavy atom. The maximum Gasteiger partial charge on any atom is 0.468 e. The van der Waals surface area contributed by atoms with Crippen molar-refractivity contribution >= 4 is 6.09 Å². The number of ether oxygens (including phenoxy) is 1. The van der Waals surface area contributed by atoms with E-state index in [1.807, 2.05) is 0 Å². The van der Waals surface area contributed by atoms with Crippen molar-refractivity contribution in [2.24, 2.45) is 0 Å². The van der Waals surface area contributed by atoms with Gasteiger partial charge >= 0.3 is 6.09 Å². The van der Waals surface area contributed by atoms with Crippen molar-refractivity contribution in [3.05, 3.63) is 0 Å². The lowest BCUT2D eigenvalue weighted by Crippen LogP contribution is -2.28. The lowest BCUT2D eigenvalue weighted by atomic mass is 10.2. The minimum atomic E-state index is -1.63. The molecule has 0 bridgehead atoms. The maximum absolute atomic E-state index is 11.3. The molecule has 3 nitrogen and oxygen atoms in total. The van der Waals surface area contributed by atoms with Gasteiger partial charge in [0.2, 0.25) is 0 Å². The third-order valence-electron chi connectivity index (χ3n) is 0.532. The quantitative estimate of drug-likeness (QED) is 0.498. The summed E-state index contributed by atoms with van der Waals surface area (Å²) in [6, 6.07) is 0. The molecule has 0 aromatic heterocycles. The Balaban J connectivity index is 3.81. The average molecular weight is 153 g/mol. The molecular formula is C5H9F2NO2. The van der Waals surface area contributed by atoms with Crippen LogP contribution in [0.15, 0.2) is 0 Å². The second-order valence-electron chi connectivity index (χ2n) is 2.71. The summed E-state index contributed by atoms with van der Waals surface area (Å²) in [5.41, 5.74) is -0.868. The van der Waals surface area contributed by atoms with Gasteiger partial charge in [-0.3, -0.25) is 0 Å². The fraction of sp³-hybridized carbons (Fsp3) is 0.800. The van der Waals surface area contributed by atoms with E-state index >= 15 is 0 Å². The van der Waals surface area contributed by atoms with E-state index in [-0.39, 0.29) is 0 Å². The van der Waals surface area contributed by atoms with E-state index < -0.39 is 17.0 Å². The fourth-order valence-corrected chi connectivity index (χ4v) is 0.296. The van der Waals surface area contributed by atoms with E-state index in [0.717, 1.165) is 0 Å². The van der Waals surface area contributed by atoms with Gasteiger partial charge in [-0.2, -0.15) is 0 Å². The summed E-state index contributed by atoms with van der Waals surface area (Å²) in [7, 11) is 0. The van der Waals surface area contributed by atoms with Crippen LogP contribution in [0.5, 0.6) is 0 Å². The van der Waals surface area contributed by atoms with E-state index in [2.05, 4.69) is 4.74 Å². The van der Waals surface area contributed by atoms with Crippen molar-refractivity contribution in [1.29, 1.82) is 0 Å². The molecular weight excluding hydrogens is 144 g/mol. The van der Waals surface area contributed by atoms with Crippen molar-refractivity contribution in [1.82, 2.24) is 5.34 Å². The van der Waals surface area contributed by atoms with Gasteiger partial charge in [0.15, 0.2) is 0 Å². The molecule has 0 spiro atoms. The molecule has 5 heteroatoms. The molecule has 0 rings (SSSR count). The molecule has 0 aliphatic carbocycles. The third-order valence-corrected chi connectivity index (χ3v) is 0.532. The van der Waals surface area contributed by atoms with Gasteiger partial charge in [-0.1, -0.05) is 8.96 Å². The van der Waals surface area contributed by atoms with Crippen LogP contribution >= 0.6 is 0 Å². The molecule has 0 aliphatic rings. The minimum absolute atomic E-state index is 0.868. The summed E-state index contributed by atoms with van der Waals surface area (Å²) < 4.78 is 26.9. The number of carbonyl (C=O) groups excluding carboxylic acids is 1. The zero-order valence-electron chi connectivity index (χ0n) is 6.02. The first-order chi connectivity index (χ1) is 4.33. The van der Waals surface area contributed by atoms with E-state index in [1.54, 1.807) is 0 Å². The van der Waals surface area contributed by atoms with Crippen LogP contribution in [-0.4, -0.2) is 17.0 Å². The molecule has 60 valence electrons. The van der Waals surface area contributed by atoms with Crippen LogP contribution in [0.1, 0.15) is 20.8 Å². The van der Waals surface area contributed by atoms with Gasteiger partial charge < -0.3 is 4.74 Å². The largest absolute Gasteiger partial charge is 0.468 e. The van der Waals surface area contributed by atoms with E-state index in [9.17, 15) is 13.8 Å². The van der Waals surface area contributed by atoms with Gasteiger partial charge in [0, 0.05) is 5.34 Å². The minimum Gasteiger partial charge on any atom is -0.440 e. The van der Waals surface area contributed by atoms with E-state index in [0.29, 0.717) is 0 Å². The van der Waals surface area contributed by atoms with Gasteiger partial charge in [0.05, 0.1) is 0 Å². The summed E-state index contributed by atoms with van der Waals surface area (Å²) in [6.45, 7) is 4.53. The molecule has 1 amide bonds. The van der Waals surface area contributed by atoms with Crippen LogP contribution in [0.4, 0.5) is 13.8 Å². The molecule has 0 saturated heterocycles. The lowest BCUT2D eigenvalue weighted by molar-refractivity contribution is -0.139. The number of hydrogen-bond donors (Lipinski definition) is 0. The van der Waals surface area contributed by atoms with Gasteiger partial charge in [0.25, 0.3) is 0 Å². The molecule has 10 heavy (non-hydrogen) atoms. The normalized spacial score (nSPS) is 10.9. The molecule has 0 fully saturated rings. The van der Waals surface area contributed by atoms with Crippen molar-refractivity contribution in [3.8, 4) is 0 Å². The van der Waals surface area contributed by atoms with Crippen LogP contribution in [0.25, 0.3) is 0 Å². The Hall–Kier alpha value is -0.870. The molecule has 0 N–H and O–H groups in total. The summed E-state index contributed by atoms with van der Waals surface area (Å²) in [4.78, 5) is 10.1. The molecule has 0 aromatic rings. The highest BCUT2D eigenvalue weighted by molar-refractivity contribution is 5.65. The summed E-state index contributed by atoms with van der Waals surface area (Å²) >= 11 is 0. The van der Waals surface area contributed by atoms with Crippen LogP contribution in [-0.2, 0) is 4.74 Å². The van der Waals surface area contributed by atoms with Crippen molar-refractivity contribution in [2.75, 3.05) is 0 Å². The highest BCUT2D eigenvalue weighted by Gasteiger charge is 2.21. The third kappa shape index (κ3) is 4.05. The van der Waals surface area contributed by atoms with Crippen LogP contribution in [0.2, 0.25) is 0 Å². The summed E-state index contributed by atoms with van der Waals surface area (Å²) in [5.74, 6) is 0. The number of rotatable bonds is 0. The molecule has 0 aliphatic heterocycles. The second-order valence-corrected chi connectivity index (χ2v) is 2.71. The standard InChI is InChI=1S/C5H9F2NO2/c1-5(2,3)10-4(9)8(6)7/h1-3H3. The number of carbonyl (C=O) groups is 1. The predicted octanol–water partition coefficient (Wildman–Crippen LogP) is 1.99. The second kappa shape index (κ2) is 2.81. The molecule has 0 atom stereocenters. The smallest absolute Gasteiger partial charge is 0.440 e. The first kappa shape index (κ1) is 9.13. The van der Waals surface area contributed by atoms with Gasteiger partial charge in [-0.15, -0.1) is 0 Å². The van der Waals surface area contributed by atoms with E-state index in [4.69, 9.17) is 0 Å². The first-order valence-electron chi connectivity index (χ1n) is 2.67. The predicted molar refractivity (Wildman–Crippen MR) is 30.3 cm³/mol. The lowest BCUT2D eigenvalue weighted by Gasteiger charge is -2.18. The number of amides is 1. The van der Waals surface area contributed by atoms with Crippen LogP contribution < -0.4 is 0 Å². The molecule has 0 radical (unpaired) electrons.